The number of hydrogen-bond donors (Lipinski definition) is 2. The summed E-state index contributed by atoms with van der Waals surface area (Å²) < 4.78 is 5.56. The van der Waals surface area contributed by atoms with Crippen LogP contribution in [0.3, 0.4) is 0 Å². The Hall–Kier alpha value is -2.07. The van der Waals surface area contributed by atoms with Crippen LogP contribution in [-0.4, -0.2) is 16.7 Å². The minimum Gasteiger partial charge on any atom is -0.358 e. The highest BCUT2D eigenvalue weighted by molar-refractivity contribution is 5.96. The Morgan fingerprint density at radius 3 is 2.84 bits per heavy atom. The lowest BCUT2D eigenvalue weighted by molar-refractivity contribution is 0.427. The molecule has 4 nitrogen and oxygen atoms in total. The van der Waals surface area contributed by atoms with Gasteiger partial charge in [-0.05, 0) is 32.9 Å². The maximum Gasteiger partial charge on any atom is 0.172 e. The number of hydrogen-bond acceptors (Lipinski definition) is 3. The van der Waals surface area contributed by atoms with Crippen molar-refractivity contribution in [1.29, 1.82) is 0 Å². The van der Waals surface area contributed by atoms with E-state index < -0.39 is 0 Å². The van der Waals surface area contributed by atoms with Crippen LogP contribution in [0.15, 0.2) is 28.8 Å². The van der Waals surface area contributed by atoms with Crippen molar-refractivity contribution in [2.75, 3.05) is 6.54 Å². The number of aromatic amines is 1. The Morgan fingerprint density at radius 2 is 2.05 bits per heavy atom. The van der Waals surface area contributed by atoms with Crippen molar-refractivity contribution in [3.63, 3.8) is 0 Å². The van der Waals surface area contributed by atoms with Gasteiger partial charge in [0.25, 0.3) is 0 Å². The molecule has 3 N–H and O–H groups in total. The van der Waals surface area contributed by atoms with E-state index in [-0.39, 0.29) is 0 Å². The lowest BCUT2D eigenvalue weighted by Crippen LogP contribution is -2.04. The number of benzene rings is 1. The lowest BCUT2D eigenvalue weighted by Gasteiger charge is -2.01. The Bertz CT molecular complexity index is 724. The highest BCUT2D eigenvalue weighted by Gasteiger charge is 2.19. The van der Waals surface area contributed by atoms with Crippen LogP contribution >= 0.6 is 0 Å². The molecule has 0 aliphatic heterocycles. The Labute approximate surface area is 111 Å². The minimum atomic E-state index is 0.594. The third kappa shape index (κ3) is 1.85. The van der Waals surface area contributed by atoms with Gasteiger partial charge < -0.3 is 15.2 Å². The zero-order valence-corrected chi connectivity index (χ0v) is 11.2. The molecule has 19 heavy (non-hydrogen) atoms. The van der Waals surface area contributed by atoms with Gasteiger partial charge >= 0.3 is 0 Å². The summed E-state index contributed by atoms with van der Waals surface area (Å²) in [5, 5.41) is 5.26. The fourth-order valence-corrected chi connectivity index (χ4v) is 2.59. The molecule has 0 unspecified atom stereocenters. The summed E-state index contributed by atoms with van der Waals surface area (Å²) in [6.07, 6.45) is 0.781. The fraction of sp³-hybridized carbons (Fsp3) is 0.267. The van der Waals surface area contributed by atoms with Crippen LogP contribution in [0.1, 0.15) is 17.0 Å². The number of fused-ring (bicyclic) bond motifs is 1. The molecule has 3 aromatic rings. The van der Waals surface area contributed by atoms with E-state index >= 15 is 0 Å². The molecule has 3 rings (SSSR count). The number of rotatable bonds is 3. The van der Waals surface area contributed by atoms with E-state index in [1.54, 1.807) is 0 Å². The molecule has 0 aliphatic rings. The number of nitrogens with one attached hydrogen (secondary N) is 1. The standard InChI is InChI=1S/C15H17N3O/c1-9-11(7-8-16)15(19-18-9)14-10(2)17-13-6-4-3-5-12(13)14/h3-6,17H,7-8,16H2,1-2H3. The van der Waals surface area contributed by atoms with E-state index in [9.17, 15) is 0 Å². The molecule has 0 fully saturated rings. The second-order valence-corrected chi connectivity index (χ2v) is 4.78. The maximum atomic E-state index is 5.68. The third-order valence-corrected chi connectivity index (χ3v) is 3.50. The van der Waals surface area contributed by atoms with Gasteiger partial charge in [0.15, 0.2) is 5.76 Å². The number of nitrogens with two attached hydrogens (primary N) is 1. The Balaban J connectivity index is 2.27. The molecule has 0 amide bonds. The molecular weight excluding hydrogens is 238 g/mol. The SMILES string of the molecule is Cc1noc(-c2c(C)[nH]c3ccccc23)c1CCN. The van der Waals surface area contributed by atoms with Crippen molar-refractivity contribution in [3.8, 4) is 11.3 Å². The molecule has 2 aromatic heterocycles. The van der Waals surface area contributed by atoms with E-state index in [1.807, 2.05) is 19.1 Å². The predicted octanol–water partition coefficient (Wildman–Crippen LogP) is 2.94. The van der Waals surface area contributed by atoms with Crippen LogP contribution in [0.4, 0.5) is 0 Å². The average Bonchev–Trinajstić information content (AvgIpc) is 2.91. The first-order chi connectivity index (χ1) is 9.22. The largest absolute Gasteiger partial charge is 0.358 e. The average molecular weight is 255 g/mol. The summed E-state index contributed by atoms with van der Waals surface area (Å²) in [6, 6.07) is 8.22. The zero-order chi connectivity index (χ0) is 13.4. The van der Waals surface area contributed by atoms with Gasteiger partial charge in [0.05, 0.1) is 5.69 Å². The molecule has 4 heteroatoms. The Morgan fingerprint density at radius 1 is 1.26 bits per heavy atom. The fourth-order valence-electron chi connectivity index (χ4n) is 2.59. The number of aryl methyl sites for hydroxylation is 2. The highest BCUT2D eigenvalue weighted by atomic mass is 16.5. The summed E-state index contributed by atoms with van der Waals surface area (Å²) in [6.45, 7) is 4.61. The van der Waals surface area contributed by atoms with E-state index in [1.165, 1.54) is 0 Å². The molecule has 1 aromatic carbocycles. The lowest BCUT2D eigenvalue weighted by atomic mass is 10.0. The molecule has 0 bridgehead atoms. The van der Waals surface area contributed by atoms with Crippen molar-refractivity contribution in [3.05, 3.63) is 41.2 Å². The first kappa shape index (κ1) is 12.0. The predicted molar refractivity (Wildman–Crippen MR) is 76.0 cm³/mol. The monoisotopic (exact) mass is 255 g/mol. The summed E-state index contributed by atoms with van der Waals surface area (Å²) in [7, 11) is 0. The van der Waals surface area contributed by atoms with Gasteiger partial charge in [-0.25, -0.2) is 0 Å². The number of para-hydroxylation sites is 1. The second-order valence-electron chi connectivity index (χ2n) is 4.78. The van der Waals surface area contributed by atoms with Crippen LogP contribution in [0.2, 0.25) is 0 Å². The Kier molecular flexibility index (Phi) is 2.87. The van der Waals surface area contributed by atoms with Crippen molar-refractivity contribution in [2.45, 2.75) is 20.3 Å². The first-order valence-corrected chi connectivity index (χ1v) is 6.45. The number of aromatic nitrogens is 2. The van der Waals surface area contributed by atoms with Gasteiger partial charge in [-0.2, -0.15) is 0 Å². The van der Waals surface area contributed by atoms with Crippen LogP contribution in [-0.2, 0) is 6.42 Å². The van der Waals surface area contributed by atoms with Gasteiger partial charge in [-0.1, -0.05) is 23.4 Å². The second kappa shape index (κ2) is 4.55. The minimum absolute atomic E-state index is 0.594. The quantitative estimate of drug-likeness (QED) is 0.756. The van der Waals surface area contributed by atoms with Gasteiger partial charge in [0.2, 0.25) is 0 Å². The topological polar surface area (TPSA) is 67.8 Å². The molecule has 0 spiro atoms. The maximum absolute atomic E-state index is 5.68. The third-order valence-electron chi connectivity index (χ3n) is 3.50. The van der Waals surface area contributed by atoms with Crippen molar-refractivity contribution < 1.29 is 4.52 Å². The van der Waals surface area contributed by atoms with Crippen LogP contribution in [0.25, 0.3) is 22.2 Å². The van der Waals surface area contributed by atoms with E-state index in [0.717, 1.165) is 45.6 Å². The number of nitrogens with zero attached hydrogens (tertiary/aromatic N) is 1. The molecule has 98 valence electrons. The van der Waals surface area contributed by atoms with Gasteiger partial charge in [0, 0.05) is 27.7 Å². The molecular formula is C15H17N3O. The molecule has 0 atom stereocenters. The van der Waals surface area contributed by atoms with Crippen LogP contribution in [0, 0.1) is 13.8 Å². The molecule has 0 saturated carbocycles. The van der Waals surface area contributed by atoms with Crippen molar-refractivity contribution >= 4 is 10.9 Å². The van der Waals surface area contributed by atoms with Crippen molar-refractivity contribution in [2.24, 2.45) is 5.73 Å². The van der Waals surface area contributed by atoms with E-state index in [4.69, 9.17) is 10.3 Å². The van der Waals surface area contributed by atoms with Gasteiger partial charge in [-0.15, -0.1) is 0 Å². The van der Waals surface area contributed by atoms with Gasteiger partial charge in [0.1, 0.15) is 0 Å². The van der Waals surface area contributed by atoms with E-state index in [0.29, 0.717) is 6.54 Å². The van der Waals surface area contributed by atoms with Crippen molar-refractivity contribution in [1.82, 2.24) is 10.1 Å². The first-order valence-electron chi connectivity index (χ1n) is 6.45. The molecule has 2 heterocycles. The van der Waals surface area contributed by atoms with E-state index in [2.05, 4.69) is 29.2 Å². The summed E-state index contributed by atoms with van der Waals surface area (Å²) in [5.41, 5.74) is 11.0. The van der Waals surface area contributed by atoms with Gasteiger partial charge in [-0.3, -0.25) is 0 Å². The van der Waals surface area contributed by atoms with Crippen LogP contribution < -0.4 is 5.73 Å². The summed E-state index contributed by atoms with van der Waals surface area (Å²) in [5.74, 6) is 0.845. The smallest absolute Gasteiger partial charge is 0.172 e. The van der Waals surface area contributed by atoms with Crippen LogP contribution in [0.5, 0.6) is 0 Å². The molecule has 0 aliphatic carbocycles. The highest BCUT2D eigenvalue weighted by Crippen LogP contribution is 2.35. The number of H-pyrrole nitrogens is 1. The normalized spacial score (nSPS) is 11.3. The zero-order valence-electron chi connectivity index (χ0n) is 11.2. The molecule has 0 radical (unpaired) electrons. The summed E-state index contributed by atoms with van der Waals surface area (Å²) >= 11 is 0. The summed E-state index contributed by atoms with van der Waals surface area (Å²) in [4.78, 5) is 3.39. The molecule has 0 saturated heterocycles.